The SMILES string of the molecule is COCC(C)n1c(=O)c(C)nc2c(-c3cc(C)c(OC)cc3C)nccc21. The van der Waals surface area contributed by atoms with Gasteiger partial charge in [-0.2, -0.15) is 0 Å². The number of methoxy groups -OCH3 is 2. The number of rotatable bonds is 5. The Balaban J connectivity index is 2.34. The summed E-state index contributed by atoms with van der Waals surface area (Å²) >= 11 is 0. The minimum absolute atomic E-state index is 0.105. The molecule has 142 valence electrons. The molecule has 0 bridgehead atoms. The minimum atomic E-state index is -0.111. The first-order chi connectivity index (χ1) is 12.9. The Bertz CT molecular complexity index is 1060. The molecule has 1 aromatic carbocycles. The fourth-order valence-corrected chi connectivity index (χ4v) is 3.46. The van der Waals surface area contributed by atoms with E-state index in [1.807, 2.05) is 32.9 Å². The van der Waals surface area contributed by atoms with E-state index in [1.54, 1.807) is 31.9 Å². The summed E-state index contributed by atoms with van der Waals surface area (Å²) < 4.78 is 12.4. The highest BCUT2D eigenvalue weighted by Crippen LogP contribution is 2.32. The lowest BCUT2D eigenvalue weighted by molar-refractivity contribution is 0.162. The maximum atomic E-state index is 12.8. The lowest BCUT2D eigenvalue weighted by Gasteiger charge is -2.19. The Labute approximate surface area is 158 Å². The zero-order valence-corrected chi connectivity index (χ0v) is 16.7. The second-order valence-electron chi connectivity index (χ2n) is 6.84. The topological polar surface area (TPSA) is 66.2 Å². The zero-order valence-electron chi connectivity index (χ0n) is 16.7. The summed E-state index contributed by atoms with van der Waals surface area (Å²) in [6, 6.07) is 5.79. The number of aryl methyl sites for hydroxylation is 3. The van der Waals surface area contributed by atoms with E-state index in [2.05, 4.69) is 16.0 Å². The lowest BCUT2D eigenvalue weighted by Crippen LogP contribution is -2.29. The van der Waals surface area contributed by atoms with Gasteiger partial charge in [-0.25, -0.2) is 4.98 Å². The summed E-state index contributed by atoms with van der Waals surface area (Å²) in [6.45, 7) is 8.17. The number of benzene rings is 1. The Morgan fingerprint density at radius 2 is 1.89 bits per heavy atom. The van der Waals surface area contributed by atoms with Crippen LogP contribution in [0, 0.1) is 20.8 Å². The van der Waals surface area contributed by atoms with Crippen LogP contribution in [0.25, 0.3) is 22.3 Å². The lowest BCUT2D eigenvalue weighted by atomic mass is 10.00. The summed E-state index contributed by atoms with van der Waals surface area (Å²) in [6.07, 6.45) is 1.73. The highest BCUT2D eigenvalue weighted by Gasteiger charge is 2.18. The van der Waals surface area contributed by atoms with Gasteiger partial charge in [-0.3, -0.25) is 14.3 Å². The monoisotopic (exact) mass is 367 g/mol. The summed E-state index contributed by atoms with van der Waals surface area (Å²) in [4.78, 5) is 22.0. The molecule has 0 aliphatic heterocycles. The van der Waals surface area contributed by atoms with Crippen molar-refractivity contribution < 1.29 is 9.47 Å². The van der Waals surface area contributed by atoms with E-state index < -0.39 is 0 Å². The van der Waals surface area contributed by atoms with E-state index in [0.29, 0.717) is 17.8 Å². The molecule has 0 saturated carbocycles. The van der Waals surface area contributed by atoms with Crippen LogP contribution < -0.4 is 10.3 Å². The molecular formula is C21H25N3O3. The molecule has 0 fully saturated rings. The van der Waals surface area contributed by atoms with Crippen LogP contribution in [0.3, 0.4) is 0 Å². The predicted molar refractivity (Wildman–Crippen MR) is 107 cm³/mol. The molecule has 1 atom stereocenters. The molecule has 0 spiro atoms. The van der Waals surface area contributed by atoms with Crippen molar-refractivity contribution in [2.45, 2.75) is 33.7 Å². The third-order valence-electron chi connectivity index (χ3n) is 4.82. The number of ether oxygens (including phenoxy) is 2. The van der Waals surface area contributed by atoms with Crippen molar-refractivity contribution in [2.24, 2.45) is 0 Å². The van der Waals surface area contributed by atoms with Crippen LogP contribution in [-0.4, -0.2) is 35.4 Å². The normalized spacial score (nSPS) is 12.4. The maximum absolute atomic E-state index is 12.8. The predicted octanol–water partition coefficient (Wildman–Crippen LogP) is 3.60. The number of hydrogen-bond donors (Lipinski definition) is 0. The van der Waals surface area contributed by atoms with Crippen molar-refractivity contribution in [1.82, 2.24) is 14.5 Å². The zero-order chi connectivity index (χ0) is 19.7. The Morgan fingerprint density at radius 3 is 2.56 bits per heavy atom. The average molecular weight is 367 g/mol. The van der Waals surface area contributed by atoms with Crippen molar-refractivity contribution in [2.75, 3.05) is 20.8 Å². The molecular weight excluding hydrogens is 342 g/mol. The minimum Gasteiger partial charge on any atom is -0.496 e. The number of hydrogen-bond acceptors (Lipinski definition) is 5. The molecule has 6 heteroatoms. The van der Waals surface area contributed by atoms with E-state index in [-0.39, 0.29) is 11.6 Å². The number of nitrogens with zero attached hydrogens (tertiary/aromatic N) is 3. The van der Waals surface area contributed by atoms with Crippen LogP contribution in [0.5, 0.6) is 5.75 Å². The Morgan fingerprint density at radius 1 is 1.15 bits per heavy atom. The first-order valence-electron chi connectivity index (χ1n) is 8.91. The second kappa shape index (κ2) is 7.48. The van der Waals surface area contributed by atoms with Crippen molar-refractivity contribution in [1.29, 1.82) is 0 Å². The van der Waals surface area contributed by atoms with Crippen LogP contribution in [0.15, 0.2) is 29.2 Å². The van der Waals surface area contributed by atoms with Crippen LogP contribution in [0.1, 0.15) is 29.8 Å². The highest BCUT2D eigenvalue weighted by atomic mass is 16.5. The van der Waals surface area contributed by atoms with Gasteiger partial charge in [0.05, 0.1) is 31.0 Å². The van der Waals surface area contributed by atoms with E-state index in [9.17, 15) is 4.79 Å². The summed E-state index contributed by atoms with van der Waals surface area (Å²) in [5, 5.41) is 0. The number of aromatic nitrogens is 3. The molecule has 0 aliphatic rings. The molecule has 3 rings (SSSR count). The molecule has 2 aromatic heterocycles. The summed E-state index contributed by atoms with van der Waals surface area (Å²) in [5.41, 5.74) is 5.62. The van der Waals surface area contributed by atoms with Crippen molar-refractivity contribution >= 4 is 11.0 Å². The van der Waals surface area contributed by atoms with E-state index in [1.165, 1.54) is 0 Å². The fraction of sp³-hybridized carbons (Fsp3) is 0.381. The van der Waals surface area contributed by atoms with Crippen molar-refractivity contribution in [3.05, 3.63) is 51.6 Å². The van der Waals surface area contributed by atoms with E-state index in [0.717, 1.165) is 33.7 Å². The third-order valence-corrected chi connectivity index (χ3v) is 4.82. The van der Waals surface area contributed by atoms with Crippen LogP contribution >= 0.6 is 0 Å². The van der Waals surface area contributed by atoms with Gasteiger partial charge in [0.2, 0.25) is 0 Å². The molecule has 0 aliphatic carbocycles. The third kappa shape index (κ3) is 3.32. The Hall–Kier alpha value is -2.73. The highest BCUT2D eigenvalue weighted by molar-refractivity contribution is 5.90. The van der Waals surface area contributed by atoms with Gasteiger partial charge >= 0.3 is 0 Å². The van der Waals surface area contributed by atoms with Crippen molar-refractivity contribution in [3.8, 4) is 17.0 Å². The van der Waals surface area contributed by atoms with Gasteiger partial charge in [0.25, 0.3) is 5.56 Å². The largest absolute Gasteiger partial charge is 0.496 e. The van der Waals surface area contributed by atoms with Gasteiger partial charge in [0, 0.05) is 18.9 Å². The van der Waals surface area contributed by atoms with Gasteiger partial charge in [-0.15, -0.1) is 0 Å². The number of pyridine rings is 1. The fourth-order valence-electron chi connectivity index (χ4n) is 3.46. The molecule has 0 radical (unpaired) electrons. The first kappa shape index (κ1) is 19.0. The van der Waals surface area contributed by atoms with E-state index in [4.69, 9.17) is 9.47 Å². The molecule has 3 aromatic rings. The van der Waals surface area contributed by atoms with Gasteiger partial charge in [0.15, 0.2) is 0 Å². The van der Waals surface area contributed by atoms with E-state index >= 15 is 0 Å². The first-order valence-corrected chi connectivity index (χ1v) is 8.91. The van der Waals surface area contributed by atoms with Crippen LogP contribution in [0.2, 0.25) is 0 Å². The molecule has 6 nitrogen and oxygen atoms in total. The number of fused-ring (bicyclic) bond motifs is 1. The Kier molecular flexibility index (Phi) is 5.28. The smallest absolute Gasteiger partial charge is 0.272 e. The van der Waals surface area contributed by atoms with Crippen LogP contribution in [0.4, 0.5) is 0 Å². The molecule has 0 N–H and O–H groups in total. The second-order valence-corrected chi connectivity index (χ2v) is 6.84. The summed E-state index contributed by atoms with van der Waals surface area (Å²) in [7, 11) is 3.30. The molecule has 1 unspecified atom stereocenters. The summed E-state index contributed by atoms with van der Waals surface area (Å²) in [5.74, 6) is 0.839. The average Bonchev–Trinajstić information content (AvgIpc) is 2.64. The molecule has 0 amide bonds. The van der Waals surface area contributed by atoms with Gasteiger partial charge in [0.1, 0.15) is 17.0 Å². The van der Waals surface area contributed by atoms with Crippen molar-refractivity contribution in [3.63, 3.8) is 0 Å². The van der Waals surface area contributed by atoms with Crippen LogP contribution in [-0.2, 0) is 4.74 Å². The van der Waals surface area contributed by atoms with Gasteiger partial charge < -0.3 is 9.47 Å². The molecule has 2 heterocycles. The molecule has 0 saturated heterocycles. The van der Waals surface area contributed by atoms with Gasteiger partial charge in [-0.1, -0.05) is 0 Å². The standard InChI is InChI=1S/C21H25N3O3/c1-12-10-18(27-6)13(2)9-16(12)19-20-17(7-8-22-19)24(14(3)11-26-5)21(25)15(4)23-20/h7-10,14H,11H2,1-6H3. The maximum Gasteiger partial charge on any atom is 0.272 e. The van der Waals surface area contributed by atoms with Gasteiger partial charge in [-0.05, 0) is 57.0 Å². The molecule has 27 heavy (non-hydrogen) atoms. The quantitative estimate of drug-likeness (QED) is 0.689.